The summed E-state index contributed by atoms with van der Waals surface area (Å²) in [4.78, 5) is 8.62. The third kappa shape index (κ3) is 3.14. The molecule has 0 saturated carbocycles. The van der Waals surface area contributed by atoms with E-state index in [-0.39, 0.29) is 6.04 Å². The fourth-order valence-corrected chi connectivity index (χ4v) is 1.77. The first-order valence-electron chi connectivity index (χ1n) is 5.88. The lowest BCUT2D eigenvalue weighted by Crippen LogP contribution is -2.22. The lowest BCUT2D eigenvalue weighted by atomic mass is 10.2. The van der Waals surface area contributed by atoms with E-state index in [0.29, 0.717) is 0 Å². The Hall–Kier alpha value is -1.68. The van der Waals surface area contributed by atoms with Crippen molar-refractivity contribution in [3.63, 3.8) is 0 Å². The topological polar surface area (TPSA) is 42.7 Å². The Bertz CT molecular complexity index is 449. The largest absolute Gasteiger partial charge is 0.338 e. The van der Waals surface area contributed by atoms with Gasteiger partial charge in [0.1, 0.15) is 5.82 Å². The molecule has 1 N–H and O–H groups in total. The van der Waals surface area contributed by atoms with Gasteiger partial charge in [-0.05, 0) is 19.1 Å². The first-order chi connectivity index (χ1) is 8.27. The molecule has 0 aliphatic rings. The highest BCUT2D eigenvalue weighted by molar-refractivity contribution is 5.07. The second kappa shape index (κ2) is 5.59. The summed E-state index contributed by atoms with van der Waals surface area (Å²) < 4.78 is 2.05. The number of imidazole rings is 1. The van der Waals surface area contributed by atoms with Crippen LogP contribution >= 0.6 is 0 Å². The average Bonchev–Trinajstić information content (AvgIpc) is 2.76. The quantitative estimate of drug-likeness (QED) is 0.850. The van der Waals surface area contributed by atoms with Crippen molar-refractivity contribution in [3.8, 4) is 0 Å². The Labute approximate surface area is 102 Å². The van der Waals surface area contributed by atoms with Crippen LogP contribution < -0.4 is 5.32 Å². The molecule has 0 fully saturated rings. The van der Waals surface area contributed by atoms with Crippen LogP contribution in [0.4, 0.5) is 0 Å². The molecule has 4 nitrogen and oxygen atoms in total. The van der Waals surface area contributed by atoms with Crippen LogP contribution in [0, 0.1) is 0 Å². The number of rotatable bonds is 5. The number of nitrogens with zero attached hydrogens (tertiary/aromatic N) is 3. The molecule has 4 heteroatoms. The van der Waals surface area contributed by atoms with E-state index in [1.54, 1.807) is 0 Å². The molecular formula is C13H18N4. The van der Waals surface area contributed by atoms with Crippen molar-refractivity contribution in [3.05, 3.63) is 48.3 Å². The molecule has 0 saturated heterocycles. The van der Waals surface area contributed by atoms with Crippen LogP contribution in [-0.2, 0) is 13.5 Å². The molecule has 2 rings (SSSR count). The summed E-state index contributed by atoms with van der Waals surface area (Å²) in [6.07, 6.45) is 6.56. The standard InChI is InChI=1S/C13H18N4/c1-11(12-5-3-4-7-15-12)14-8-6-13-16-9-10-17(13)2/h3-5,7,9-11,14H,6,8H2,1-2H3. The van der Waals surface area contributed by atoms with E-state index in [9.17, 15) is 0 Å². The predicted molar refractivity (Wildman–Crippen MR) is 67.6 cm³/mol. The van der Waals surface area contributed by atoms with Gasteiger partial charge in [0.2, 0.25) is 0 Å². The zero-order valence-corrected chi connectivity index (χ0v) is 10.3. The molecule has 17 heavy (non-hydrogen) atoms. The smallest absolute Gasteiger partial charge is 0.109 e. The van der Waals surface area contributed by atoms with E-state index < -0.39 is 0 Å². The van der Waals surface area contributed by atoms with Crippen LogP contribution in [0.3, 0.4) is 0 Å². The molecule has 0 radical (unpaired) electrons. The first kappa shape index (κ1) is 11.8. The number of nitrogens with one attached hydrogen (secondary N) is 1. The van der Waals surface area contributed by atoms with E-state index >= 15 is 0 Å². The monoisotopic (exact) mass is 230 g/mol. The summed E-state index contributed by atoms with van der Waals surface area (Å²) in [5.41, 5.74) is 1.08. The Kier molecular flexibility index (Phi) is 3.88. The maximum absolute atomic E-state index is 4.33. The highest BCUT2D eigenvalue weighted by Crippen LogP contribution is 2.07. The zero-order chi connectivity index (χ0) is 12.1. The average molecular weight is 230 g/mol. The molecule has 0 aromatic carbocycles. The minimum atomic E-state index is 0.275. The van der Waals surface area contributed by atoms with Crippen molar-refractivity contribution in [1.82, 2.24) is 19.9 Å². The Morgan fingerprint density at radius 3 is 2.82 bits per heavy atom. The molecule has 2 aromatic rings. The fourth-order valence-electron chi connectivity index (χ4n) is 1.77. The van der Waals surface area contributed by atoms with Crippen LogP contribution in [0.2, 0.25) is 0 Å². The van der Waals surface area contributed by atoms with Crippen LogP contribution in [-0.4, -0.2) is 21.1 Å². The third-order valence-corrected chi connectivity index (χ3v) is 2.85. The number of aryl methyl sites for hydroxylation is 1. The first-order valence-corrected chi connectivity index (χ1v) is 5.88. The van der Waals surface area contributed by atoms with E-state index in [1.807, 2.05) is 48.4 Å². The van der Waals surface area contributed by atoms with Crippen molar-refractivity contribution in [1.29, 1.82) is 0 Å². The van der Waals surface area contributed by atoms with Gasteiger partial charge in [-0.15, -0.1) is 0 Å². The van der Waals surface area contributed by atoms with E-state index in [4.69, 9.17) is 0 Å². The summed E-state index contributed by atoms with van der Waals surface area (Å²) in [5, 5.41) is 3.45. The molecular weight excluding hydrogens is 212 g/mol. The predicted octanol–water partition coefficient (Wildman–Crippen LogP) is 1.71. The Balaban J connectivity index is 1.81. The van der Waals surface area contributed by atoms with E-state index in [2.05, 4.69) is 22.2 Å². The lowest BCUT2D eigenvalue weighted by molar-refractivity contribution is 0.554. The maximum Gasteiger partial charge on any atom is 0.109 e. The molecule has 0 bridgehead atoms. The number of hydrogen-bond acceptors (Lipinski definition) is 3. The van der Waals surface area contributed by atoms with Gasteiger partial charge in [0.15, 0.2) is 0 Å². The van der Waals surface area contributed by atoms with Crippen molar-refractivity contribution in [2.75, 3.05) is 6.54 Å². The number of pyridine rings is 1. The number of hydrogen-bond donors (Lipinski definition) is 1. The maximum atomic E-state index is 4.33. The molecule has 0 aliphatic heterocycles. The lowest BCUT2D eigenvalue weighted by Gasteiger charge is -2.12. The second-order valence-corrected chi connectivity index (χ2v) is 4.13. The molecule has 0 spiro atoms. The fraction of sp³-hybridized carbons (Fsp3) is 0.385. The van der Waals surface area contributed by atoms with Crippen LogP contribution in [0.25, 0.3) is 0 Å². The van der Waals surface area contributed by atoms with Crippen LogP contribution in [0.1, 0.15) is 24.5 Å². The minimum absolute atomic E-state index is 0.275. The summed E-state index contributed by atoms with van der Waals surface area (Å²) in [5.74, 6) is 1.10. The van der Waals surface area contributed by atoms with E-state index in [1.165, 1.54) is 0 Å². The molecule has 0 amide bonds. The van der Waals surface area contributed by atoms with Gasteiger partial charge in [-0.25, -0.2) is 4.98 Å². The van der Waals surface area contributed by atoms with Gasteiger partial charge in [-0.3, -0.25) is 4.98 Å². The Morgan fingerprint density at radius 1 is 1.29 bits per heavy atom. The van der Waals surface area contributed by atoms with Gasteiger partial charge in [-0.2, -0.15) is 0 Å². The summed E-state index contributed by atoms with van der Waals surface area (Å²) in [7, 11) is 2.02. The van der Waals surface area contributed by atoms with Crippen molar-refractivity contribution >= 4 is 0 Å². The van der Waals surface area contributed by atoms with Gasteiger partial charge in [0, 0.05) is 44.6 Å². The molecule has 90 valence electrons. The molecule has 2 aromatic heterocycles. The minimum Gasteiger partial charge on any atom is -0.338 e. The summed E-state index contributed by atoms with van der Waals surface area (Å²) in [6, 6.07) is 6.26. The number of aromatic nitrogens is 3. The van der Waals surface area contributed by atoms with Crippen molar-refractivity contribution < 1.29 is 0 Å². The molecule has 0 aliphatic carbocycles. The third-order valence-electron chi connectivity index (χ3n) is 2.85. The SMILES string of the molecule is CC(NCCc1nccn1C)c1ccccn1. The summed E-state index contributed by atoms with van der Waals surface area (Å²) >= 11 is 0. The second-order valence-electron chi connectivity index (χ2n) is 4.13. The van der Waals surface area contributed by atoms with Gasteiger partial charge in [-0.1, -0.05) is 6.07 Å². The van der Waals surface area contributed by atoms with Gasteiger partial charge in [0.25, 0.3) is 0 Å². The normalized spacial score (nSPS) is 12.6. The van der Waals surface area contributed by atoms with Gasteiger partial charge >= 0.3 is 0 Å². The van der Waals surface area contributed by atoms with E-state index in [0.717, 1.165) is 24.5 Å². The van der Waals surface area contributed by atoms with Gasteiger partial charge < -0.3 is 9.88 Å². The van der Waals surface area contributed by atoms with Crippen LogP contribution in [0.5, 0.6) is 0 Å². The molecule has 2 heterocycles. The van der Waals surface area contributed by atoms with Crippen molar-refractivity contribution in [2.45, 2.75) is 19.4 Å². The Morgan fingerprint density at radius 2 is 2.18 bits per heavy atom. The molecule has 1 atom stereocenters. The van der Waals surface area contributed by atoms with Crippen molar-refractivity contribution in [2.24, 2.45) is 7.05 Å². The van der Waals surface area contributed by atoms with Crippen LogP contribution in [0.15, 0.2) is 36.8 Å². The zero-order valence-electron chi connectivity index (χ0n) is 10.3. The summed E-state index contributed by atoms with van der Waals surface area (Å²) in [6.45, 7) is 3.03. The molecule has 1 unspecified atom stereocenters. The highest BCUT2D eigenvalue weighted by Gasteiger charge is 2.05. The highest BCUT2D eigenvalue weighted by atomic mass is 15.0. The van der Waals surface area contributed by atoms with Gasteiger partial charge in [0.05, 0.1) is 5.69 Å².